The first kappa shape index (κ1) is 16.1. The highest BCUT2D eigenvalue weighted by Gasteiger charge is 2.19. The monoisotopic (exact) mass is 282 g/mol. The van der Waals surface area contributed by atoms with Crippen LogP contribution in [0.25, 0.3) is 5.57 Å². The maximum Gasteiger partial charge on any atom is 0.340 e. The van der Waals surface area contributed by atoms with Crippen LogP contribution in [-0.4, -0.2) is 19.7 Å². The number of nitrogens with one attached hydrogen (secondary N) is 2. The molecular formula is C14H23N2O2P. The van der Waals surface area contributed by atoms with Crippen LogP contribution in [0.5, 0.6) is 0 Å². The van der Waals surface area contributed by atoms with Crippen LogP contribution in [0.3, 0.4) is 0 Å². The fraction of sp³-hybridized carbons (Fsp3) is 0.429. The SMILES string of the molecule is C=C(CCOP(=O)(NCC)NCC)c1ccccc1. The molecule has 0 atom stereocenters. The van der Waals surface area contributed by atoms with Crippen LogP contribution >= 0.6 is 7.67 Å². The van der Waals surface area contributed by atoms with E-state index in [2.05, 4.69) is 16.8 Å². The Morgan fingerprint density at radius 2 is 1.79 bits per heavy atom. The van der Waals surface area contributed by atoms with Gasteiger partial charge in [-0.05, 0) is 17.6 Å². The zero-order chi connectivity index (χ0) is 14.1. The van der Waals surface area contributed by atoms with Crippen LogP contribution < -0.4 is 10.2 Å². The molecule has 0 spiro atoms. The lowest BCUT2D eigenvalue weighted by Gasteiger charge is -2.19. The smallest absolute Gasteiger partial charge is 0.306 e. The minimum atomic E-state index is -2.91. The highest BCUT2D eigenvalue weighted by atomic mass is 31.2. The van der Waals surface area contributed by atoms with E-state index in [0.717, 1.165) is 11.1 Å². The fourth-order valence-corrected chi connectivity index (χ4v) is 3.15. The Balaban J connectivity index is 2.44. The summed E-state index contributed by atoms with van der Waals surface area (Å²) < 4.78 is 17.7. The van der Waals surface area contributed by atoms with Crippen molar-refractivity contribution in [2.24, 2.45) is 0 Å². The molecule has 0 aliphatic carbocycles. The van der Waals surface area contributed by atoms with Crippen molar-refractivity contribution in [1.29, 1.82) is 0 Å². The normalized spacial score (nSPS) is 11.5. The van der Waals surface area contributed by atoms with Crippen molar-refractivity contribution in [3.8, 4) is 0 Å². The molecule has 2 N–H and O–H groups in total. The molecule has 0 unspecified atom stereocenters. The van der Waals surface area contributed by atoms with Crippen LogP contribution in [-0.2, 0) is 9.09 Å². The van der Waals surface area contributed by atoms with E-state index in [1.807, 2.05) is 44.2 Å². The summed E-state index contributed by atoms with van der Waals surface area (Å²) in [7, 11) is -2.91. The van der Waals surface area contributed by atoms with Gasteiger partial charge < -0.3 is 4.52 Å². The highest BCUT2D eigenvalue weighted by Crippen LogP contribution is 2.37. The number of hydrogen-bond acceptors (Lipinski definition) is 2. The third-order valence-electron chi connectivity index (χ3n) is 2.59. The van der Waals surface area contributed by atoms with Gasteiger partial charge in [-0.1, -0.05) is 50.8 Å². The molecule has 0 fully saturated rings. The quantitative estimate of drug-likeness (QED) is 0.681. The molecule has 0 aliphatic rings. The lowest BCUT2D eigenvalue weighted by Crippen LogP contribution is -2.24. The van der Waals surface area contributed by atoms with Gasteiger partial charge in [-0.15, -0.1) is 0 Å². The van der Waals surface area contributed by atoms with E-state index in [-0.39, 0.29) is 0 Å². The van der Waals surface area contributed by atoms with Crippen LogP contribution in [0.1, 0.15) is 25.8 Å². The molecule has 0 amide bonds. The van der Waals surface area contributed by atoms with Crippen LogP contribution in [0, 0.1) is 0 Å². The van der Waals surface area contributed by atoms with Gasteiger partial charge in [-0.2, -0.15) is 0 Å². The van der Waals surface area contributed by atoms with Crippen molar-refractivity contribution in [1.82, 2.24) is 10.2 Å². The second-order valence-electron chi connectivity index (χ2n) is 4.13. The largest absolute Gasteiger partial charge is 0.340 e. The summed E-state index contributed by atoms with van der Waals surface area (Å²) in [6, 6.07) is 9.94. The van der Waals surface area contributed by atoms with Gasteiger partial charge in [0.05, 0.1) is 6.61 Å². The number of hydrogen-bond donors (Lipinski definition) is 2. The number of rotatable bonds is 9. The van der Waals surface area contributed by atoms with Crippen LogP contribution in [0.15, 0.2) is 36.9 Å². The Morgan fingerprint density at radius 1 is 1.21 bits per heavy atom. The Bertz CT molecular complexity index is 424. The van der Waals surface area contributed by atoms with E-state index < -0.39 is 7.67 Å². The first-order chi connectivity index (χ1) is 9.11. The molecule has 0 aliphatic heterocycles. The molecule has 0 aromatic heterocycles. The maximum atomic E-state index is 12.3. The molecule has 1 aromatic carbocycles. The Hall–Kier alpha value is -0.930. The summed E-state index contributed by atoms with van der Waals surface area (Å²) in [6.07, 6.45) is 0.658. The lowest BCUT2D eigenvalue weighted by atomic mass is 10.1. The van der Waals surface area contributed by atoms with E-state index in [1.54, 1.807) is 0 Å². The second-order valence-corrected chi connectivity index (χ2v) is 6.12. The average Bonchev–Trinajstić information content (AvgIpc) is 2.40. The van der Waals surface area contributed by atoms with Gasteiger partial charge in [0, 0.05) is 13.1 Å². The van der Waals surface area contributed by atoms with Crippen LogP contribution in [0.4, 0.5) is 0 Å². The van der Waals surface area contributed by atoms with Crippen molar-refractivity contribution in [3.63, 3.8) is 0 Å². The molecule has 106 valence electrons. The Morgan fingerprint density at radius 3 is 2.32 bits per heavy atom. The molecule has 1 rings (SSSR count). The molecule has 1 aromatic rings. The summed E-state index contributed by atoms with van der Waals surface area (Å²) in [5.41, 5.74) is 2.08. The minimum Gasteiger partial charge on any atom is -0.306 e. The zero-order valence-corrected chi connectivity index (χ0v) is 12.6. The Labute approximate surface area is 115 Å². The van der Waals surface area contributed by atoms with Gasteiger partial charge >= 0.3 is 7.67 Å². The topological polar surface area (TPSA) is 50.4 Å². The molecule has 0 bridgehead atoms. The van der Waals surface area contributed by atoms with Gasteiger partial charge in [0.2, 0.25) is 0 Å². The predicted molar refractivity (Wildman–Crippen MR) is 81.0 cm³/mol. The van der Waals surface area contributed by atoms with Crippen molar-refractivity contribution in [3.05, 3.63) is 42.5 Å². The summed E-state index contributed by atoms with van der Waals surface area (Å²) in [6.45, 7) is 9.41. The van der Waals surface area contributed by atoms with Crippen LogP contribution in [0.2, 0.25) is 0 Å². The standard InChI is InChI=1S/C14H23N2O2P/c1-4-15-19(17,16-5-2)18-12-11-13(3)14-9-7-6-8-10-14/h6-10H,3-5,11-12H2,1-2H3,(H2,15,16,17). The van der Waals surface area contributed by atoms with Crippen molar-refractivity contribution >= 4 is 13.2 Å². The van der Waals surface area contributed by atoms with Gasteiger partial charge in [0.25, 0.3) is 0 Å². The van der Waals surface area contributed by atoms with Crippen molar-refractivity contribution in [2.45, 2.75) is 20.3 Å². The molecule has 5 heteroatoms. The molecule has 0 saturated heterocycles. The van der Waals surface area contributed by atoms with E-state index in [1.165, 1.54) is 0 Å². The van der Waals surface area contributed by atoms with Gasteiger partial charge in [0.1, 0.15) is 0 Å². The summed E-state index contributed by atoms with van der Waals surface area (Å²) >= 11 is 0. The predicted octanol–water partition coefficient (Wildman–Crippen LogP) is 3.43. The van der Waals surface area contributed by atoms with E-state index in [4.69, 9.17) is 4.52 Å². The summed E-state index contributed by atoms with van der Waals surface area (Å²) in [5, 5.41) is 5.73. The molecule has 19 heavy (non-hydrogen) atoms. The summed E-state index contributed by atoms with van der Waals surface area (Å²) in [5.74, 6) is 0. The van der Waals surface area contributed by atoms with Crippen molar-refractivity contribution in [2.75, 3.05) is 19.7 Å². The lowest BCUT2D eigenvalue weighted by molar-refractivity contribution is 0.306. The highest BCUT2D eigenvalue weighted by molar-refractivity contribution is 7.54. The van der Waals surface area contributed by atoms with Gasteiger partial charge in [-0.25, -0.2) is 10.2 Å². The first-order valence-corrected chi connectivity index (χ1v) is 8.21. The number of benzene rings is 1. The molecule has 4 nitrogen and oxygen atoms in total. The second kappa shape index (κ2) is 8.28. The van der Waals surface area contributed by atoms with Gasteiger partial charge in [0.15, 0.2) is 0 Å². The summed E-state index contributed by atoms with van der Waals surface area (Å²) in [4.78, 5) is 0. The van der Waals surface area contributed by atoms with E-state index in [0.29, 0.717) is 26.1 Å². The molecule has 0 saturated carbocycles. The maximum absolute atomic E-state index is 12.3. The minimum absolute atomic E-state index is 0.380. The van der Waals surface area contributed by atoms with E-state index in [9.17, 15) is 4.57 Å². The fourth-order valence-electron chi connectivity index (χ4n) is 1.68. The molecular weight excluding hydrogens is 259 g/mol. The Kier molecular flexibility index (Phi) is 7.03. The third kappa shape index (κ3) is 5.70. The molecule has 0 heterocycles. The van der Waals surface area contributed by atoms with E-state index >= 15 is 0 Å². The zero-order valence-electron chi connectivity index (χ0n) is 11.7. The van der Waals surface area contributed by atoms with Crippen molar-refractivity contribution < 1.29 is 9.09 Å². The average molecular weight is 282 g/mol. The third-order valence-corrected chi connectivity index (χ3v) is 4.60. The molecule has 0 radical (unpaired) electrons. The van der Waals surface area contributed by atoms with Gasteiger partial charge in [-0.3, -0.25) is 4.57 Å². The first-order valence-electron chi connectivity index (χ1n) is 6.59.